The molecule has 1 aliphatic heterocycles. The number of hydrogen-bond donors (Lipinski definition) is 1. The molecule has 7 nitrogen and oxygen atoms in total. The fourth-order valence-corrected chi connectivity index (χ4v) is 3.55. The highest BCUT2D eigenvalue weighted by Gasteiger charge is 2.29. The topological polar surface area (TPSA) is 86.9 Å². The lowest BCUT2D eigenvalue weighted by Crippen LogP contribution is -2.48. The predicted octanol–water partition coefficient (Wildman–Crippen LogP) is 2.59. The van der Waals surface area contributed by atoms with Crippen LogP contribution in [0.25, 0.3) is 0 Å². The fourth-order valence-electron chi connectivity index (χ4n) is 3.55. The molecule has 0 atom stereocenters. The summed E-state index contributed by atoms with van der Waals surface area (Å²) in [6.45, 7) is 8.15. The molecule has 1 fully saturated rings. The van der Waals surface area contributed by atoms with Crippen molar-refractivity contribution in [3.05, 3.63) is 17.5 Å². The van der Waals surface area contributed by atoms with E-state index in [1.807, 2.05) is 11.8 Å². The minimum Gasteiger partial charge on any atom is -0.480 e. The Morgan fingerprint density at radius 3 is 2.48 bits per heavy atom. The molecule has 0 unspecified atom stereocenters. The third kappa shape index (κ3) is 4.81. The second-order valence-corrected chi connectivity index (χ2v) is 6.61. The van der Waals surface area contributed by atoms with Crippen LogP contribution in [0.4, 0.5) is 0 Å². The Morgan fingerprint density at radius 2 is 1.96 bits per heavy atom. The van der Waals surface area contributed by atoms with Crippen LogP contribution >= 0.6 is 0 Å². The van der Waals surface area contributed by atoms with E-state index in [9.17, 15) is 9.59 Å². The van der Waals surface area contributed by atoms with Crippen LogP contribution in [-0.2, 0) is 4.79 Å². The van der Waals surface area contributed by atoms with Gasteiger partial charge in [-0.1, -0.05) is 25.9 Å². The summed E-state index contributed by atoms with van der Waals surface area (Å²) in [6.07, 6.45) is 3.50. The van der Waals surface area contributed by atoms with Gasteiger partial charge in [0.25, 0.3) is 5.91 Å². The number of likely N-dealkylation sites (tertiary alicyclic amines) is 1. The van der Waals surface area contributed by atoms with Gasteiger partial charge in [-0.25, -0.2) is 0 Å². The molecule has 0 aromatic carbocycles. The quantitative estimate of drug-likeness (QED) is 0.775. The zero-order chi connectivity index (χ0) is 18.4. The first-order valence-electron chi connectivity index (χ1n) is 9.21. The van der Waals surface area contributed by atoms with Crippen LogP contribution in [0.2, 0.25) is 0 Å². The third-order valence-electron chi connectivity index (χ3n) is 5.16. The SMILES string of the molecule is CCC(CC)c1cc(C(=O)N2CCC(N(CC)CC(=O)O)CC2)on1. The van der Waals surface area contributed by atoms with Crippen molar-refractivity contribution in [1.29, 1.82) is 0 Å². The van der Waals surface area contributed by atoms with Crippen molar-refractivity contribution in [2.45, 2.75) is 58.4 Å². The Balaban J connectivity index is 1.94. The highest BCUT2D eigenvalue weighted by Crippen LogP contribution is 2.24. The molecule has 0 spiro atoms. The molecule has 0 aliphatic carbocycles. The maximum atomic E-state index is 12.6. The largest absolute Gasteiger partial charge is 0.480 e. The molecular weight excluding hydrogens is 322 g/mol. The highest BCUT2D eigenvalue weighted by atomic mass is 16.5. The summed E-state index contributed by atoms with van der Waals surface area (Å²) in [5, 5.41) is 13.1. The van der Waals surface area contributed by atoms with Crippen molar-refractivity contribution in [2.75, 3.05) is 26.2 Å². The molecule has 2 heterocycles. The van der Waals surface area contributed by atoms with Crippen LogP contribution in [0.1, 0.15) is 68.6 Å². The van der Waals surface area contributed by atoms with Gasteiger partial charge in [-0.3, -0.25) is 14.5 Å². The predicted molar refractivity (Wildman–Crippen MR) is 93.6 cm³/mol. The van der Waals surface area contributed by atoms with E-state index in [0.717, 1.165) is 31.4 Å². The summed E-state index contributed by atoms with van der Waals surface area (Å²) < 4.78 is 5.28. The van der Waals surface area contributed by atoms with Crippen LogP contribution in [0.5, 0.6) is 0 Å². The van der Waals surface area contributed by atoms with E-state index < -0.39 is 5.97 Å². The monoisotopic (exact) mass is 351 g/mol. The summed E-state index contributed by atoms with van der Waals surface area (Å²) in [4.78, 5) is 27.3. The molecule has 0 bridgehead atoms. The van der Waals surface area contributed by atoms with Gasteiger partial charge in [-0.2, -0.15) is 0 Å². The van der Waals surface area contributed by atoms with Gasteiger partial charge in [0.05, 0.1) is 12.2 Å². The lowest BCUT2D eigenvalue weighted by Gasteiger charge is -2.37. The Bertz CT molecular complexity index is 575. The average Bonchev–Trinajstić information content (AvgIpc) is 3.10. The smallest absolute Gasteiger partial charge is 0.317 e. The zero-order valence-electron chi connectivity index (χ0n) is 15.4. The molecule has 1 N–H and O–H groups in total. The Morgan fingerprint density at radius 1 is 1.32 bits per heavy atom. The Labute approximate surface area is 149 Å². The van der Waals surface area contributed by atoms with Gasteiger partial charge in [0, 0.05) is 31.1 Å². The molecular formula is C18H29N3O4. The minimum atomic E-state index is -0.809. The molecule has 1 amide bonds. The van der Waals surface area contributed by atoms with Crippen molar-refractivity contribution in [2.24, 2.45) is 0 Å². The number of nitrogens with zero attached hydrogens (tertiary/aromatic N) is 3. The third-order valence-corrected chi connectivity index (χ3v) is 5.16. The maximum absolute atomic E-state index is 12.6. The van der Waals surface area contributed by atoms with Gasteiger partial charge in [0.1, 0.15) is 0 Å². The van der Waals surface area contributed by atoms with Gasteiger partial charge in [-0.15, -0.1) is 0 Å². The first-order chi connectivity index (χ1) is 12.0. The number of carboxylic acid groups (broad SMARTS) is 1. The van der Waals surface area contributed by atoms with E-state index in [-0.39, 0.29) is 18.5 Å². The molecule has 0 saturated carbocycles. The summed E-state index contributed by atoms with van der Waals surface area (Å²) in [6, 6.07) is 1.98. The number of carboxylic acids is 1. The van der Waals surface area contributed by atoms with E-state index in [0.29, 0.717) is 31.3 Å². The zero-order valence-corrected chi connectivity index (χ0v) is 15.4. The molecule has 0 radical (unpaired) electrons. The standard InChI is InChI=1S/C18H29N3O4/c1-4-13(5-2)15-11-16(25-19-15)18(24)21-9-7-14(8-10-21)20(6-3)12-17(22)23/h11,13-14H,4-10,12H2,1-3H3,(H,22,23). The van der Waals surface area contributed by atoms with E-state index in [1.165, 1.54) is 0 Å². The number of carbonyl (C=O) groups excluding carboxylic acids is 1. The second-order valence-electron chi connectivity index (χ2n) is 6.61. The lowest BCUT2D eigenvalue weighted by atomic mass is 9.99. The van der Waals surface area contributed by atoms with Crippen molar-refractivity contribution >= 4 is 11.9 Å². The summed E-state index contributed by atoms with van der Waals surface area (Å²) in [7, 11) is 0. The normalized spacial score (nSPS) is 16.0. The Kier molecular flexibility index (Phi) is 6.99. The molecule has 1 aromatic rings. The van der Waals surface area contributed by atoms with Crippen LogP contribution in [0.15, 0.2) is 10.6 Å². The molecule has 1 aliphatic rings. The van der Waals surface area contributed by atoms with Gasteiger partial charge >= 0.3 is 5.97 Å². The molecule has 1 saturated heterocycles. The van der Waals surface area contributed by atoms with Gasteiger partial charge in [0.2, 0.25) is 5.76 Å². The first-order valence-corrected chi connectivity index (χ1v) is 9.21. The van der Waals surface area contributed by atoms with Crippen LogP contribution < -0.4 is 0 Å². The number of carbonyl (C=O) groups is 2. The number of aliphatic carboxylic acids is 1. The van der Waals surface area contributed by atoms with Crippen LogP contribution in [0, 0.1) is 0 Å². The maximum Gasteiger partial charge on any atom is 0.317 e. The van der Waals surface area contributed by atoms with Gasteiger partial charge < -0.3 is 14.5 Å². The lowest BCUT2D eigenvalue weighted by molar-refractivity contribution is -0.139. The molecule has 2 rings (SSSR count). The summed E-state index contributed by atoms with van der Waals surface area (Å²) in [5.41, 5.74) is 0.849. The molecule has 140 valence electrons. The average molecular weight is 351 g/mol. The second kappa shape index (κ2) is 8.99. The van der Waals surface area contributed by atoms with Crippen molar-refractivity contribution in [3.63, 3.8) is 0 Å². The number of amides is 1. The van der Waals surface area contributed by atoms with E-state index in [4.69, 9.17) is 9.63 Å². The fraction of sp³-hybridized carbons (Fsp3) is 0.722. The van der Waals surface area contributed by atoms with Gasteiger partial charge in [0.15, 0.2) is 0 Å². The van der Waals surface area contributed by atoms with Crippen molar-refractivity contribution in [1.82, 2.24) is 15.0 Å². The molecule has 25 heavy (non-hydrogen) atoms. The van der Waals surface area contributed by atoms with Crippen LogP contribution in [0.3, 0.4) is 0 Å². The van der Waals surface area contributed by atoms with E-state index in [1.54, 1.807) is 11.0 Å². The van der Waals surface area contributed by atoms with E-state index in [2.05, 4.69) is 19.0 Å². The summed E-state index contributed by atoms with van der Waals surface area (Å²) in [5.74, 6) is -0.302. The minimum absolute atomic E-state index is 0.0516. The van der Waals surface area contributed by atoms with E-state index >= 15 is 0 Å². The van der Waals surface area contributed by atoms with Crippen molar-refractivity contribution in [3.8, 4) is 0 Å². The van der Waals surface area contributed by atoms with Crippen molar-refractivity contribution < 1.29 is 19.2 Å². The van der Waals surface area contributed by atoms with Crippen LogP contribution in [-0.4, -0.2) is 64.2 Å². The molecule has 1 aromatic heterocycles. The highest BCUT2D eigenvalue weighted by molar-refractivity contribution is 5.91. The number of piperidine rings is 1. The number of likely N-dealkylation sites (N-methyl/N-ethyl adjacent to an activating group) is 1. The Hall–Kier alpha value is -1.89. The molecule has 7 heteroatoms. The van der Waals surface area contributed by atoms with Gasteiger partial charge in [-0.05, 0) is 32.2 Å². The number of hydrogen-bond acceptors (Lipinski definition) is 5. The first kappa shape index (κ1) is 19.4. The number of aromatic nitrogens is 1. The number of rotatable bonds is 8. The summed E-state index contributed by atoms with van der Waals surface area (Å²) >= 11 is 0.